The first-order valence-electron chi connectivity index (χ1n) is 8.40. The maximum Gasteiger partial charge on any atom is 0.222 e. The van der Waals surface area contributed by atoms with Crippen molar-refractivity contribution in [2.24, 2.45) is 0 Å². The molecule has 0 aromatic carbocycles. The van der Waals surface area contributed by atoms with Crippen molar-refractivity contribution in [3.8, 4) is 0 Å². The Hall–Kier alpha value is -2.04. The van der Waals surface area contributed by atoms with Gasteiger partial charge in [-0.15, -0.1) is 0 Å². The van der Waals surface area contributed by atoms with E-state index in [9.17, 15) is 4.79 Å². The molecule has 126 valence electrons. The molecule has 0 radical (unpaired) electrons. The molecule has 0 aliphatic carbocycles. The van der Waals surface area contributed by atoms with Gasteiger partial charge in [-0.2, -0.15) is 0 Å². The molecule has 23 heavy (non-hydrogen) atoms. The molecular formula is C18H28N4O. The number of nitrogens with zero attached hydrogens (tertiary/aromatic N) is 3. The zero-order chi connectivity index (χ0) is 17.0. The molecule has 1 amide bonds. The summed E-state index contributed by atoms with van der Waals surface area (Å²) in [6.07, 6.45) is 8.81. The predicted octanol–water partition coefficient (Wildman–Crippen LogP) is 3.42. The zero-order valence-electron chi connectivity index (χ0n) is 14.7. The SMILES string of the molecule is C=C1NC=Cc2c1ncn2C(C)C.CC(C)N1CCCCC1=O. The molecule has 2 aliphatic heterocycles. The lowest BCUT2D eigenvalue weighted by Crippen LogP contribution is -2.40. The van der Waals surface area contributed by atoms with Crippen molar-refractivity contribution < 1.29 is 4.79 Å². The van der Waals surface area contributed by atoms with E-state index < -0.39 is 0 Å². The zero-order valence-corrected chi connectivity index (χ0v) is 14.7. The van der Waals surface area contributed by atoms with Gasteiger partial charge in [-0.1, -0.05) is 6.58 Å². The van der Waals surface area contributed by atoms with Crippen LogP contribution in [0.25, 0.3) is 11.8 Å². The van der Waals surface area contributed by atoms with Crippen molar-refractivity contribution in [2.75, 3.05) is 6.54 Å². The molecular weight excluding hydrogens is 288 g/mol. The average Bonchev–Trinajstić information content (AvgIpc) is 2.94. The van der Waals surface area contributed by atoms with Crippen LogP contribution in [0, 0.1) is 0 Å². The van der Waals surface area contributed by atoms with Gasteiger partial charge in [0.2, 0.25) is 5.91 Å². The molecule has 3 heterocycles. The Bertz CT molecular complexity index is 598. The van der Waals surface area contributed by atoms with Gasteiger partial charge in [0.25, 0.3) is 0 Å². The van der Waals surface area contributed by atoms with Crippen LogP contribution >= 0.6 is 0 Å². The highest BCUT2D eigenvalue weighted by Crippen LogP contribution is 2.22. The molecule has 5 nitrogen and oxygen atoms in total. The fraction of sp³-hybridized carbons (Fsp3) is 0.556. The van der Waals surface area contributed by atoms with Crippen molar-refractivity contribution in [2.45, 2.75) is 59.0 Å². The van der Waals surface area contributed by atoms with E-state index in [0.717, 1.165) is 36.5 Å². The lowest BCUT2D eigenvalue weighted by molar-refractivity contribution is -0.135. The first-order valence-corrected chi connectivity index (χ1v) is 8.40. The number of nitrogens with one attached hydrogen (secondary N) is 1. The minimum Gasteiger partial charge on any atom is -0.360 e. The number of hydrogen-bond acceptors (Lipinski definition) is 3. The number of hydrogen-bond donors (Lipinski definition) is 1. The maximum atomic E-state index is 11.2. The molecule has 1 fully saturated rings. The monoisotopic (exact) mass is 316 g/mol. The lowest BCUT2D eigenvalue weighted by Gasteiger charge is -2.30. The molecule has 0 atom stereocenters. The summed E-state index contributed by atoms with van der Waals surface area (Å²) < 4.78 is 2.14. The second-order valence-electron chi connectivity index (χ2n) is 6.57. The van der Waals surface area contributed by atoms with Crippen molar-refractivity contribution >= 4 is 17.7 Å². The molecule has 1 aromatic rings. The Kier molecular flexibility index (Phi) is 5.64. The molecule has 0 spiro atoms. The Morgan fingerprint density at radius 1 is 1.22 bits per heavy atom. The third-order valence-electron chi connectivity index (χ3n) is 4.16. The topological polar surface area (TPSA) is 50.2 Å². The van der Waals surface area contributed by atoms with E-state index in [4.69, 9.17) is 0 Å². The van der Waals surface area contributed by atoms with Gasteiger partial charge in [-0.3, -0.25) is 4.79 Å². The van der Waals surface area contributed by atoms with Crippen LogP contribution in [0.3, 0.4) is 0 Å². The lowest BCUT2D eigenvalue weighted by atomic mass is 10.1. The van der Waals surface area contributed by atoms with Crippen molar-refractivity contribution in [1.82, 2.24) is 19.8 Å². The summed E-state index contributed by atoms with van der Waals surface area (Å²) in [6.45, 7) is 13.3. The summed E-state index contributed by atoms with van der Waals surface area (Å²) in [5.41, 5.74) is 2.96. The van der Waals surface area contributed by atoms with Crippen LogP contribution in [-0.4, -0.2) is 32.9 Å². The quantitative estimate of drug-likeness (QED) is 0.909. The van der Waals surface area contributed by atoms with Gasteiger partial charge in [0, 0.05) is 31.2 Å². The molecule has 1 saturated heterocycles. The van der Waals surface area contributed by atoms with E-state index in [-0.39, 0.29) is 0 Å². The number of carbonyl (C=O) groups is 1. The van der Waals surface area contributed by atoms with Crippen LogP contribution in [0.15, 0.2) is 19.1 Å². The Labute approximate surface area is 139 Å². The highest BCUT2D eigenvalue weighted by atomic mass is 16.2. The maximum absolute atomic E-state index is 11.2. The highest BCUT2D eigenvalue weighted by molar-refractivity contribution is 5.77. The van der Waals surface area contributed by atoms with Crippen LogP contribution in [-0.2, 0) is 4.79 Å². The first-order chi connectivity index (χ1) is 10.9. The van der Waals surface area contributed by atoms with E-state index in [1.165, 1.54) is 6.42 Å². The molecule has 0 saturated carbocycles. The van der Waals surface area contributed by atoms with Gasteiger partial charge in [0.05, 0.1) is 17.7 Å². The van der Waals surface area contributed by atoms with E-state index in [2.05, 4.69) is 49.1 Å². The third-order valence-corrected chi connectivity index (χ3v) is 4.16. The van der Waals surface area contributed by atoms with Crippen LogP contribution < -0.4 is 5.32 Å². The Morgan fingerprint density at radius 3 is 2.52 bits per heavy atom. The van der Waals surface area contributed by atoms with Crippen LogP contribution in [0.4, 0.5) is 0 Å². The molecule has 0 unspecified atom stereocenters. The second kappa shape index (κ2) is 7.49. The second-order valence-corrected chi connectivity index (χ2v) is 6.57. The minimum atomic E-state index is 0.334. The number of carbonyl (C=O) groups excluding carboxylic acids is 1. The first kappa shape index (κ1) is 17.3. The summed E-state index contributed by atoms with van der Waals surface area (Å²) in [5, 5.41) is 3.04. The van der Waals surface area contributed by atoms with E-state index in [0.29, 0.717) is 18.0 Å². The molecule has 2 aliphatic rings. The summed E-state index contributed by atoms with van der Waals surface area (Å²) in [6, 6.07) is 0.833. The van der Waals surface area contributed by atoms with Gasteiger partial charge in [-0.25, -0.2) is 4.98 Å². The molecule has 0 bridgehead atoms. The largest absolute Gasteiger partial charge is 0.360 e. The average molecular weight is 316 g/mol. The van der Waals surface area contributed by atoms with E-state index >= 15 is 0 Å². The van der Waals surface area contributed by atoms with Gasteiger partial charge in [-0.05, 0) is 46.6 Å². The van der Waals surface area contributed by atoms with Crippen LogP contribution in [0.5, 0.6) is 0 Å². The van der Waals surface area contributed by atoms with Crippen LogP contribution in [0.1, 0.15) is 64.4 Å². The smallest absolute Gasteiger partial charge is 0.222 e. The number of rotatable bonds is 2. The molecule has 1 aromatic heterocycles. The fourth-order valence-corrected chi connectivity index (χ4v) is 2.84. The van der Waals surface area contributed by atoms with Gasteiger partial charge < -0.3 is 14.8 Å². The number of piperidine rings is 1. The van der Waals surface area contributed by atoms with Crippen molar-refractivity contribution in [3.63, 3.8) is 0 Å². The van der Waals surface area contributed by atoms with Crippen molar-refractivity contribution in [1.29, 1.82) is 0 Å². The van der Waals surface area contributed by atoms with Crippen LogP contribution in [0.2, 0.25) is 0 Å². The molecule has 5 heteroatoms. The van der Waals surface area contributed by atoms with E-state index in [1.54, 1.807) is 0 Å². The number of imidazole rings is 1. The fourth-order valence-electron chi connectivity index (χ4n) is 2.84. The number of fused-ring (bicyclic) bond motifs is 1. The minimum absolute atomic E-state index is 0.334. The third kappa shape index (κ3) is 4.03. The van der Waals surface area contributed by atoms with E-state index in [1.807, 2.05) is 23.5 Å². The predicted molar refractivity (Wildman–Crippen MR) is 94.5 cm³/mol. The molecule has 1 N–H and O–H groups in total. The number of amides is 1. The number of likely N-dealkylation sites (tertiary alicyclic amines) is 1. The standard InChI is InChI=1S/C10H13N3.C8H15NO/c1-7(2)13-6-12-10-8(3)11-5-4-9(10)13;1-7(2)9-6-4-3-5-8(9)10/h4-7,11H,3H2,1-2H3;7H,3-6H2,1-2H3. The highest BCUT2D eigenvalue weighted by Gasteiger charge is 2.19. The Morgan fingerprint density at radius 2 is 1.96 bits per heavy atom. The number of aromatic nitrogens is 2. The van der Waals surface area contributed by atoms with Crippen molar-refractivity contribution in [3.05, 3.63) is 30.5 Å². The summed E-state index contributed by atoms with van der Waals surface area (Å²) >= 11 is 0. The summed E-state index contributed by atoms with van der Waals surface area (Å²) in [5.74, 6) is 0.334. The summed E-state index contributed by atoms with van der Waals surface area (Å²) in [4.78, 5) is 17.4. The van der Waals surface area contributed by atoms with Gasteiger partial charge in [0.15, 0.2) is 0 Å². The molecule has 3 rings (SSSR count). The van der Waals surface area contributed by atoms with Gasteiger partial charge >= 0.3 is 0 Å². The summed E-state index contributed by atoms with van der Waals surface area (Å²) in [7, 11) is 0. The normalized spacial score (nSPS) is 17.0. The van der Waals surface area contributed by atoms with Gasteiger partial charge in [0.1, 0.15) is 5.69 Å². The Balaban J connectivity index is 0.000000174.